The number of aliphatic hydroxyl groups excluding tert-OH is 2. The third-order valence-electron chi connectivity index (χ3n) is 14.0. The van der Waals surface area contributed by atoms with Gasteiger partial charge < -0.3 is 20.3 Å². The predicted molar refractivity (Wildman–Crippen MR) is 292 cm³/mol. The SMILES string of the molecule is CCCC/C=C\CCCCCCCC(=O)OCCCCCCCCCCC/C=C\CCCCCCCCCC(=O)NC(CO)C(O)CCCCCCCCCCCCCCCCCCCCC. The van der Waals surface area contributed by atoms with Gasteiger partial charge in [0.25, 0.3) is 0 Å². The molecule has 0 aromatic carbocycles. The van der Waals surface area contributed by atoms with E-state index in [2.05, 4.69) is 43.5 Å². The molecule has 6 nitrogen and oxygen atoms in total. The number of unbranched alkanes of at least 4 members (excludes halogenated alkanes) is 41. The van der Waals surface area contributed by atoms with Crippen LogP contribution in [0.3, 0.4) is 0 Å². The summed E-state index contributed by atoms with van der Waals surface area (Å²) in [7, 11) is 0. The quantitative estimate of drug-likeness (QED) is 0.0321. The van der Waals surface area contributed by atoms with E-state index in [4.69, 9.17) is 4.74 Å². The van der Waals surface area contributed by atoms with Gasteiger partial charge in [-0.15, -0.1) is 0 Å². The van der Waals surface area contributed by atoms with Gasteiger partial charge in [-0.05, 0) is 70.6 Å². The first-order chi connectivity index (χ1) is 33.0. The number of amides is 1. The van der Waals surface area contributed by atoms with Gasteiger partial charge in [-0.1, -0.05) is 269 Å². The molecule has 0 aliphatic rings. The summed E-state index contributed by atoms with van der Waals surface area (Å²) in [6.07, 6.45) is 68.9. The fraction of sp³-hybridized carbons (Fsp3) is 0.902. The highest BCUT2D eigenvalue weighted by Crippen LogP contribution is 2.17. The molecule has 396 valence electrons. The van der Waals surface area contributed by atoms with Gasteiger partial charge in [0.2, 0.25) is 5.91 Å². The van der Waals surface area contributed by atoms with Crippen LogP contribution in [0.15, 0.2) is 24.3 Å². The summed E-state index contributed by atoms with van der Waals surface area (Å²) in [5.74, 6) is -0.0457. The summed E-state index contributed by atoms with van der Waals surface area (Å²) in [6.45, 7) is 4.92. The Morgan fingerprint density at radius 3 is 1.10 bits per heavy atom. The van der Waals surface area contributed by atoms with E-state index in [9.17, 15) is 19.8 Å². The highest BCUT2D eigenvalue weighted by Gasteiger charge is 2.20. The van der Waals surface area contributed by atoms with Gasteiger partial charge in [-0.3, -0.25) is 9.59 Å². The molecule has 0 aromatic rings. The molecule has 0 aliphatic carbocycles. The Morgan fingerprint density at radius 2 is 0.716 bits per heavy atom. The number of rotatable bonds is 56. The summed E-state index contributed by atoms with van der Waals surface area (Å²) in [4.78, 5) is 24.5. The van der Waals surface area contributed by atoms with Crippen molar-refractivity contribution in [3.63, 3.8) is 0 Å². The zero-order chi connectivity index (χ0) is 48.6. The number of allylic oxidation sites excluding steroid dienone is 4. The number of hydrogen-bond acceptors (Lipinski definition) is 5. The molecule has 0 bridgehead atoms. The Bertz CT molecular complexity index is 1040. The fourth-order valence-corrected chi connectivity index (χ4v) is 9.32. The van der Waals surface area contributed by atoms with Crippen molar-refractivity contribution in [3.05, 3.63) is 24.3 Å². The Kier molecular flexibility index (Phi) is 55.5. The molecule has 3 N–H and O–H groups in total. The lowest BCUT2D eigenvalue weighted by molar-refractivity contribution is -0.143. The number of hydrogen-bond donors (Lipinski definition) is 3. The molecule has 2 atom stereocenters. The Labute approximate surface area is 418 Å². The van der Waals surface area contributed by atoms with Crippen LogP contribution in [0.5, 0.6) is 0 Å². The minimum absolute atomic E-state index is 0.00454. The van der Waals surface area contributed by atoms with Gasteiger partial charge in [0, 0.05) is 12.8 Å². The van der Waals surface area contributed by atoms with E-state index in [0.717, 1.165) is 44.9 Å². The first-order valence-corrected chi connectivity index (χ1v) is 30.1. The van der Waals surface area contributed by atoms with Crippen LogP contribution in [0.1, 0.15) is 328 Å². The van der Waals surface area contributed by atoms with Crippen LogP contribution in [-0.2, 0) is 14.3 Å². The van der Waals surface area contributed by atoms with Crippen LogP contribution >= 0.6 is 0 Å². The summed E-state index contributed by atoms with van der Waals surface area (Å²) in [5, 5.41) is 23.3. The van der Waals surface area contributed by atoms with Gasteiger partial charge >= 0.3 is 5.97 Å². The van der Waals surface area contributed by atoms with Crippen molar-refractivity contribution in [1.29, 1.82) is 0 Å². The molecule has 67 heavy (non-hydrogen) atoms. The second-order valence-corrected chi connectivity index (χ2v) is 20.7. The monoisotopic (exact) mass is 944 g/mol. The van der Waals surface area contributed by atoms with Crippen molar-refractivity contribution in [2.75, 3.05) is 13.2 Å². The van der Waals surface area contributed by atoms with Crippen LogP contribution < -0.4 is 5.32 Å². The molecule has 0 radical (unpaired) electrons. The average molecular weight is 945 g/mol. The van der Waals surface area contributed by atoms with Gasteiger partial charge in [-0.25, -0.2) is 0 Å². The van der Waals surface area contributed by atoms with Crippen molar-refractivity contribution in [1.82, 2.24) is 5.32 Å². The Balaban J connectivity index is 3.44. The first-order valence-electron chi connectivity index (χ1n) is 30.1. The van der Waals surface area contributed by atoms with Gasteiger partial charge in [-0.2, -0.15) is 0 Å². The van der Waals surface area contributed by atoms with Crippen molar-refractivity contribution >= 4 is 11.9 Å². The second-order valence-electron chi connectivity index (χ2n) is 20.7. The van der Waals surface area contributed by atoms with E-state index >= 15 is 0 Å². The molecule has 6 heteroatoms. The maximum atomic E-state index is 12.5. The second kappa shape index (κ2) is 56.9. The third kappa shape index (κ3) is 53.5. The van der Waals surface area contributed by atoms with E-state index in [1.54, 1.807) is 0 Å². The van der Waals surface area contributed by atoms with Crippen LogP contribution in [0.2, 0.25) is 0 Å². The van der Waals surface area contributed by atoms with E-state index in [1.165, 1.54) is 250 Å². The van der Waals surface area contributed by atoms with E-state index in [-0.39, 0.29) is 18.5 Å². The van der Waals surface area contributed by atoms with E-state index in [1.807, 2.05) is 0 Å². The number of nitrogens with one attached hydrogen (secondary N) is 1. The van der Waals surface area contributed by atoms with Crippen molar-refractivity contribution in [2.24, 2.45) is 0 Å². The molecule has 0 spiro atoms. The summed E-state index contributed by atoms with van der Waals surface area (Å²) in [6, 6.07) is -0.548. The average Bonchev–Trinajstić information content (AvgIpc) is 3.33. The fourth-order valence-electron chi connectivity index (χ4n) is 9.32. The van der Waals surface area contributed by atoms with Crippen LogP contribution in [0, 0.1) is 0 Å². The maximum Gasteiger partial charge on any atom is 0.305 e. The first kappa shape index (κ1) is 65.3. The highest BCUT2D eigenvalue weighted by atomic mass is 16.5. The van der Waals surface area contributed by atoms with Crippen molar-refractivity contribution in [2.45, 2.75) is 341 Å². The van der Waals surface area contributed by atoms with Crippen molar-refractivity contribution < 1.29 is 24.5 Å². The van der Waals surface area contributed by atoms with Crippen LogP contribution in [0.4, 0.5) is 0 Å². The molecular formula is C61H117NO5. The van der Waals surface area contributed by atoms with Crippen LogP contribution in [-0.4, -0.2) is 47.4 Å². The zero-order valence-corrected chi connectivity index (χ0v) is 45.1. The molecule has 0 aliphatic heterocycles. The van der Waals surface area contributed by atoms with Crippen LogP contribution in [0.25, 0.3) is 0 Å². The summed E-state index contributed by atoms with van der Waals surface area (Å²) in [5.41, 5.74) is 0. The lowest BCUT2D eigenvalue weighted by Crippen LogP contribution is -2.45. The number of esters is 1. The molecular weight excluding hydrogens is 827 g/mol. The summed E-state index contributed by atoms with van der Waals surface area (Å²) >= 11 is 0. The van der Waals surface area contributed by atoms with E-state index < -0.39 is 12.1 Å². The molecule has 0 saturated heterocycles. The minimum atomic E-state index is -0.670. The normalized spacial score (nSPS) is 12.7. The largest absolute Gasteiger partial charge is 0.466 e. The number of carbonyl (C=O) groups excluding carboxylic acids is 2. The topological polar surface area (TPSA) is 95.9 Å². The molecule has 0 saturated carbocycles. The third-order valence-corrected chi connectivity index (χ3v) is 14.0. The number of aliphatic hydroxyl groups is 2. The summed E-state index contributed by atoms with van der Waals surface area (Å²) < 4.78 is 5.45. The Hall–Kier alpha value is -1.66. The molecule has 1 amide bonds. The lowest BCUT2D eigenvalue weighted by atomic mass is 10.0. The number of ether oxygens (including phenoxy) is 1. The molecule has 0 aromatic heterocycles. The molecule has 2 unspecified atom stereocenters. The smallest absolute Gasteiger partial charge is 0.305 e. The zero-order valence-electron chi connectivity index (χ0n) is 45.1. The van der Waals surface area contributed by atoms with Gasteiger partial charge in [0.1, 0.15) is 0 Å². The van der Waals surface area contributed by atoms with Gasteiger partial charge in [0.05, 0.1) is 25.4 Å². The Morgan fingerprint density at radius 1 is 0.403 bits per heavy atom. The predicted octanol–water partition coefficient (Wildman–Crippen LogP) is 18.6. The van der Waals surface area contributed by atoms with Gasteiger partial charge in [0.15, 0.2) is 0 Å². The standard InChI is InChI=1S/C61H117NO5/c1-3-5-7-9-11-13-15-16-17-18-21-24-27-30-34-37-41-45-49-53-59(64)58(57-63)62-60(65)54-50-46-42-38-35-31-28-25-22-19-20-23-26-29-32-36-40-44-48-52-56-67-61(66)55-51-47-43-39-33-14-12-10-8-6-4-2/h10,12,19,22,58-59,63-64H,3-9,11,13-18,20-21,23-57H2,1-2H3,(H,62,65)/b12-10-,22-19-. The van der Waals surface area contributed by atoms with Crippen molar-refractivity contribution in [3.8, 4) is 0 Å². The maximum absolute atomic E-state index is 12.5. The molecule has 0 rings (SSSR count). The minimum Gasteiger partial charge on any atom is -0.466 e. The molecule has 0 heterocycles. The molecule has 0 fully saturated rings. The number of carbonyl (C=O) groups is 2. The highest BCUT2D eigenvalue weighted by molar-refractivity contribution is 5.76. The lowest BCUT2D eigenvalue weighted by Gasteiger charge is -2.22. The van der Waals surface area contributed by atoms with E-state index in [0.29, 0.717) is 25.9 Å².